The Hall–Kier alpha value is -0.886. The Labute approximate surface area is 153 Å². The first kappa shape index (κ1) is 26.0. The summed E-state index contributed by atoms with van der Waals surface area (Å²) in [6, 6.07) is 12.6. The quantitative estimate of drug-likeness (QED) is 0.396. The minimum absolute atomic E-state index is 0. The molecule has 2 radical (unpaired) electrons. The monoisotopic (exact) mass is 400 g/mol. The summed E-state index contributed by atoms with van der Waals surface area (Å²) < 4.78 is 15.0. The fraction of sp³-hybridized carbons (Fsp3) is 0.235. The summed E-state index contributed by atoms with van der Waals surface area (Å²) >= 11 is 3.36. The van der Waals surface area contributed by atoms with Crippen LogP contribution < -0.4 is 5.46 Å². The van der Waals surface area contributed by atoms with Crippen molar-refractivity contribution >= 4 is 27.3 Å². The molecule has 0 heterocycles. The smallest absolute Gasteiger partial charge is 2.00 e. The van der Waals surface area contributed by atoms with Crippen molar-refractivity contribution in [1.29, 1.82) is 0 Å². The van der Waals surface area contributed by atoms with Crippen LogP contribution in [0.1, 0.15) is 22.3 Å². The zero-order valence-corrected chi connectivity index (χ0v) is 15.8. The van der Waals surface area contributed by atoms with Gasteiger partial charge in [0.25, 0.3) is 0 Å². The minimum Gasteiger partial charge on any atom is 2.00 e. The van der Waals surface area contributed by atoms with E-state index in [1.165, 1.54) is 27.7 Å². The van der Waals surface area contributed by atoms with Gasteiger partial charge in [0.15, 0.2) is 0 Å². The molecule has 2 nitrogen and oxygen atoms in total. The largest absolute Gasteiger partial charge is 2.00 e. The van der Waals surface area contributed by atoms with E-state index in [1.54, 1.807) is 0 Å². The standard InChI is InChI=1S/C9H11BBr.C6H7.2CO.Fe/c1-6-4-7(2)9(10-11)8(3)5-6;1-6-4-2-3-5-6;2*1-2;/h4-5H,1-3H3;2-5H,1H3;;;/q2*-1;;;+2. The topological polar surface area (TPSA) is 39.8 Å². The molecule has 5 heteroatoms. The first-order valence-corrected chi connectivity index (χ1v) is 7.06. The summed E-state index contributed by atoms with van der Waals surface area (Å²) in [5, 5.41) is 0. The van der Waals surface area contributed by atoms with Gasteiger partial charge in [-0.3, -0.25) is 5.46 Å². The van der Waals surface area contributed by atoms with Crippen LogP contribution in [0.25, 0.3) is 0 Å². The SMILES string of the molecule is C[c-]1cccc1.Cc1cc(C)c([B-]Br)c(C)c1.[C-]#[O+].[C-]#[O+].[Fe+2]. The summed E-state index contributed by atoms with van der Waals surface area (Å²) in [6.45, 7) is 17.5. The molecule has 0 fully saturated rings. The third-order valence-electron chi connectivity index (χ3n) is 2.68. The summed E-state index contributed by atoms with van der Waals surface area (Å²) in [4.78, 5) is 0. The fourth-order valence-corrected chi connectivity index (χ4v) is 2.56. The van der Waals surface area contributed by atoms with Crippen molar-refractivity contribution in [2.24, 2.45) is 0 Å². The molecular weight excluding hydrogens is 383 g/mol. The molecule has 0 saturated carbocycles. The number of aryl methyl sites for hydroxylation is 4. The molecule has 0 spiro atoms. The van der Waals surface area contributed by atoms with E-state index in [4.69, 9.17) is 9.30 Å². The van der Waals surface area contributed by atoms with E-state index in [2.05, 4.69) is 81.0 Å². The number of hydrogen-bond acceptors (Lipinski definition) is 0. The summed E-state index contributed by atoms with van der Waals surface area (Å²) in [6.07, 6.45) is 1.98. The van der Waals surface area contributed by atoms with Crippen molar-refractivity contribution in [2.75, 3.05) is 0 Å². The number of benzene rings is 1. The number of rotatable bonds is 1. The molecular formula is C17H18BBrFeO2. The molecule has 2 aromatic carbocycles. The van der Waals surface area contributed by atoms with Gasteiger partial charge in [0.2, 0.25) is 0 Å². The molecule has 0 unspecified atom stereocenters. The van der Waals surface area contributed by atoms with Crippen molar-refractivity contribution in [2.45, 2.75) is 27.7 Å². The van der Waals surface area contributed by atoms with Crippen molar-refractivity contribution in [3.63, 3.8) is 0 Å². The van der Waals surface area contributed by atoms with Gasteiger partial charge in [0.1, 0.15) is 0 Å². The second-order valence-electron chi connectivity index (χ2n) is 4.38. The zero-order valence-electron chi connectivity index (χ0n) is 13.1. The molecule has 0 aromatic heterocycles. The van der Waals surface area contributed by atoms with Crippen molar-refractivity contribution in [3.05, 3.63) is 72.0 Å². The first-order valence-electron chi connectivity index (χ1n) is 6.15. The molecule has 2 rings (SSSR count). The average molecular weight is 401 g/mol. The van der Waals surface area contributed by atoms with Crippen molar-refractivity contribution in [1.82, 2.24) is 0 Å². The molecule has 0 atom stereocenters. The van der Waals surface area contributed by atoms with E-state index in [0.717, 1.165) is 0 Å². The second-order valence-corrected chi connectivity index (χ2v) is 4.84. The van der Waals surface area contributed by atoms with Gasteiger partial charge in [-0.25, -0.2) is 18.2 Å². The van der Waals surface area contributed by atoms with Gasteiger partial charge >= 0.3 is 39.7 Å². The Morgan fingerprint density at radius 2 is 1.32 bits per heavy atom. The summed E-state index contributed by atoms with van der Waals surface area (Å²) in [5.41, 5.74) is 6.64. The Balaban J connectivity index is -0.000000280. The maximum atomic E-state index is 7.50. The van der Waals surface area contributed by atoms with Gasteiger partial charge in [-0.05, 0) is 20.8 Å². The normalized spacial score (nSPS) is 7.68. The Kier molecular flexibility index (Phi) is 19.5. The molecule has 0 aliphatic carbocycles. The predicted molar refractivity (Wildman–Crippen MR) is 89.6 cm³/mol. The molecule has 0 saturated heterocycles. The van der Waals surface area contributed by atoms with E-state index < -0.39 is 0 Å². The van der Waals surface area contributed by atoms with Crippen molar-refractivity contribution < 1.29 is 26.4 Å². The van der Waals surface area contributed by atoms with E-state index in [0.29, 0.717) is 0 Å². The molecule has 0 aliphatic heterocycles. The molecule has 22 heavy (non-hydrogen) atoms. The van der Waals surface area contributed by atoms with Crippen LogP contribution in [0.3, 0.4) is 0 Å². The molecule has 0 amide bonds. The van der Waals surface area contributed by atoms with Gasteiger partial charge in [-0.1, -0.05) is 35.7 Å². The van der Waals surface area contributed by atoms with Crippen LogP contribution in [0.15, 0.2) is 36.4 Å². The Morgan fingerprint density at radius 1 is 0.955 bits per heavy atom. The molecule has 2 aromatic rings. The van der Waals surface area contributed by atoms with Gasteiger partial charge < -0.3 is 15.8 Å². The first-order chi connectivity index (χ1) is 10.0. The van der Waals surface area contributed by atoms with Crippen LogP contribution in [0.5, 0.6) is 0 Å². The van der Waals surface area contributed by atoms with Crippen LogP contribution in [0.4, 0.5) is 0 Å². The third kappa shape index (κ3) is 10.8. The third-order valence-corrected chi connectivity index (χ3v) is 3.13. The zero-order chi connectivity index (χ0) is 16.8. The van der Waals surface area contributed by atoms with Gasteiger partial charge in [-0.2, -0.15) is 17.7 Å². The summed E-state index contributed by atoms with van der Waals surface area (Å²) in [5.74, 6) is 0. The van der Waals surface area contributed by atoms with E-state index >= 15 is 0 Å². The van der Waals surface area contributed by atoms with Crippen LogP contribution in [-0.2, 0) is 26.4 Å². The van der Waals surface area contributed by atoms with Crippen LogP contribution in [0, 0.1) is 41.0 Å². The second kappa shape index (κ2) is 16.5. The minimum atomic E-state index is 0. The Bertz CT molecular complexity index is 519. The van der Waals surface area contributed by atoms with Gasteiger partial charge in [0.05, 0.1) is 0 Å². The van der Waals surface area contributed by atoms with Crippen LogP contribution in [0.2, 0.25) is 0 Å². The van der Waals surface area contributed by atoms with Crippen LogP contribution >= 0.6 is 15.8 Å². The number of hydrogen-bond donors (Lipinski definition) is 0. The van der Waals surface area contributed by atoms with Crippen molar-refractivity contribution in [3.8, 4) is 0 Å². The predicted octanol–water partition coefficient (Wildman–Crippen LogP) is 3.89. The fourth-order valence-electron chi connectivity index (χ4n) is 1.83. The summed E-state index contributed by atoms with van der Waals surface area (Å²) in [7, 11) is 0. The maximum absolute atomic E-state index is 7.50. The number of halogens is 1. The maximum Gasteiger partial charge on any atom is 2.00 e. The van der Waals surface area contributed by atoms with Gasteiger partial charge in [-0.15, -0.1) is 0 Å². The molecule has 0 N–H and O–H groups in total. The van der Waals surface area contributed by atoms with E-state index in [1.807, 2.05) is 18.2 Å². The molecule has 116 valence electrons. The average Bonchev–Trinajstić information content (AvgIpc) is 2.94. The van der Waals surface area contributed by atoms with Gasteiger partial charge in [0, 0.05) is 0 Å². The molecule has 0 aliphatic rings. The molecule has 0 bridgehead atoms. The van der Waals surface area contributed by atoms with Crippen LogP contribution in [-0.4, -0.2) is 6.10 Å². The Morgan fingerprint density at radius 3 is 1.55 bits per heavy atom. The van der Waals surface area contributed by atoms with E-state index in [-0.39, 0.29) is 17.1 Å². The van der Waals surface area contributed by atoms with E-state index in [9.17, 15) is 0 Å².